The van der Waals surface area contributed by atoms with E-state index in [1.54, 1.807) is 18.6 Å². The van der Waals surface area contributed by atoms with Gasteiger partial charge in [0.05, 0.1) is 6.33 Å². The molecule has 0 spiro atoms. The lowest BCUT2D eigenvalue weighted by Gasteiger charge is -2.01. The number of ketones is 1. The Balaban J connectivity index is 2.28. The monoisotopic (exact) mass is 244 g/mol. The van der Waals surface area contributed by atoms with E-state index in [1.807, 2.05) is 16.8 Å². The number of carbonyl (C=O) groups excluding carboxylic acids is 1. The second-order valence-corrected chi connectivity index (χ2v) is 4.02. The number of imidazole rings is 1. The predicted octanol–water partition coefficient (Wildman–Crippen LogP) is 3.31. The molecule has 0 aromatic carbocycles. The highest BCUT2D eigenvalue weighted by Crippen LogP contribution is 2.03. The average Bonchev–Trinajstić information content (AvgIpc) is 2.88. The third-order valence-corrected chi connectivity index (χ3v) is 2.51. The van der Waals surface area contributed by atoms with E-state index in [0.29, 0.717) is 18.5 Å². The van der Waals surface area contributed by atoms with Gasteiger partial charge in [0, 0.05) is 30.9 Å². The van der Waals surface area contributed by atoms with Gasteiger partial charge in [-0.15, -0.1) is 0 Å². The molecule has 0 atom stereocenters. The van der Waals surface area contributed by atoms with Gasteiger partial charge in [-0.05, 0) is 12.8 Å². The SMILES string of the molecule is C=C(C=CC/C=C\CC)C(=O)CCn1ccnc1. The maximum atomic E-state index is 11.8. The van der Waals surface area contributed by atoms with Crippen molar-refractivity contribution in [3.05, 3.63) is 55.2 Å². The fourth-order valence-corrected chi connectivity index (χ4v) is 1.45. The Morgan fingerprint density at radius 2 is 2.22 bits per heavy atom. The first-order valence-electron chi connectivity index (χ1n) is 6.23. The largest absolute Gasteiger partial charge is 0.337 e. The summed E-state index contributed by atoms with van der Waals surface area (Å²) < 4.78 is 1.89. The molecule has 0 bridgehead atoms. The molecule has 96 valence electrons. The topological polar surface area (TPSA) is 34.9 Å². The van der Waals surface area contributed by atoms with Gasteiger partial charge in [-0.1, -0.05) is 37.8 Å². The van der Waals surface area contributed by atoms with E-state index >= 15 is 0 Å². The fourth-order valence-electron chi connectivity index (χ4n) is 1.45. The summed E-state index contributed by atoms with van der Waals surface area (Å²) in [6, 6.07) is 0. The van der Waals surface area contributed by atoms with E-state index in [-0.39, 0.29) is 5.78 Å². The molecule has 18 heavy (non-hydrogen) atoms. The zero-order valence-electron chi connectivity index (χ0n) is 10.9. The lowest BCUT2D eigenvalue weighted by atomic mass is 10.1. The standard InChI is InChI=1S/C15H20N2O/c1-3-4-5-6-7-8-14(2)15(18)9-11-17-12-10-16-13-17/h4-5,7-8,10,12-13H,2-3,6,9,11H2,1H3/b5-4-,8-7?. The molecule has 3 heteroatoms. The minimum atomic E-state index is 0.0828. The van der Waals surface area contributed by atoms with Gasteiger partial charge >= 0.3 is 0 Å². The van der Waals surface area contributed by atoms with Crippen LogP contribution < -0.4 is 0 Å². The number of carbonyl (C=O) groups is 1. The van der Waals surface area contributed by atoms with E-state index in [0.717, 1.165) is 12.8 Å². The molecule has 0 amide bonds. The Kier molecular flexibility index (Phi) is 6.47. The molecule has 0 fully saturated rings. The Bertz CT molecular complexity index is 427. The van der Waals surface area contributed by atoms with Crippen molar-refractivity contribution in [3.8, 4) is 0 Å². The molecule has 0 N–H and O–H groups in total. The zero-order chi connectivity index (χ0) is 13.2. The van der Waals surface area contributed by atoms with E-state index in [1.165, 1.54) is 0 Å². The molecule has 0 saturated carbocycles. The van der Waals surface area contributed by atoms with Crippen LogP contribution in [0.15, 0.2) is 55.2 Å². The summed E-state index contributed by atoms with van der Waals surface area (Å²) in [4.78, 5) is 15.7. The summed E-state index contributed by atoms with van der Waals surface area (Å²) in [5.74, 6) is 0.0828. The van der Waals surface area contributed by atoms with Crippen LogP contribution in [0.4, 0.5) is 0 Å². The van der Waals surface area contributed by atoms with Crippen molar-refractivity contribution < 1.29 is 4.79 Å². The van der Waals surface area contributed by atoms with Crippen LogP contribution >= 0.6 is 0 Å². The van der Waals surface area contributed by atoms with Crippen LogP contribution in [0.25, 0.3) is 0 Å². The minimum absolute atomic E-state index is 0.0828. The summed E-state index contributed by atoms with van der Waals surface area (Å²) in [6.45, 7) is 6.54. The molecule has 0 aliphatic heterocycles. The smallest absolute Gasteiger partial charge is 0.164 e. The fraction of sp³-hybridized carbons (Fsp3) is 0.333. The molecular formula is C15H20N2O. The summed E-state index contributed by atoms with van der Waals surface area (Å²) in [5, 5.41) is 0. The number of aromatic nitrogens is 2. The summed E-state index contributed by atoms with van der Waals surface area (Å²) in [5.41, 5.74) is 0.569. The van der Waals surface area contributed by atoms with Crippen LogP contribution in [0.2, 0.25) is 0 Å². The normalized spacial score (nSPS) is 11.4. The van der Waals surface area contributed by atoms with Crippen LogP contribution in [0.1, 0.15) is 26.2 Å². The quantitative estimate of drug-likeness (QED) is 0.399. The van der Waals surface area contributed by atoms with Crippen molar-refractivity contribution in [2.75, 3.05) is 0 Å². The van der Waals surface area contributed by atoms with Crippen molar-refractivity contribution in [2.45, 2.75) is 32.7 Å². The van der Waals surface area contributed by atoms with E-state index in [9.17, 15) is 4.79 Å². The Morgan fingerprint density at radius 3 is 2.89 bits per heavy atom. The third kappa shape index (κ3) is 5.43. The number of hydrogen-bond acceptors (Lipinski definition) is 2. The van der Waals surface area contributed by atoms with Crippen LogP contribution in [-0.2, 0) is 11.3 Å². The van der Waals surface area contributed by atoms with Crippen LogP contribution in [-0.4, -0.2) is 15.3 Å². The molecule has 1 aromatic heterocycles. The molecule has 0 radical (unpaired) electrons. The molecule has 0 aliphatic carbocycles. The Labute approximate surface area is 109 Å². The second-order valence-electron chi connectivity index (χ2n) is 4.02. The maximum absolute atomic E-state index is 11.8. The molecule has 0 aliphatic rings. The Morgan fingerprint density at radius 1 is 1.39 bits per heavy atom. The van der Waals surface area contributed by atoms with Gasteiger partial charge in [0.1, 0.15) is 0 Å². The molecule has 0 unspecified atom stereocenters. The third-order valence-electron chi connectivity index (χ3n) is 2.51. The van der Waals surface area contributed by atoms with Crippen molar-refractivity contribution in [1.29, 1.82) is 0 Å². The van der Waals surface area contributed by atoms with Gasteiger partial charge < -0.3 is 4.57 Å². The van der Waals surface area contributed by atoms with Crippen LogP contribution in [0.5, 0.6) is 0 Å². The van der Waals surface area contributed by atoms with Crippen molar-refractivity contribution in [2.24, 2.45) is 0 Å². The number of Topliss-reactive ketones (excluding diaryl/α,β-unsaturated/α-hetero) is 1. The van der Waals surface area contributed by atoms with Gasteiger partial charge in [-0.25, -0.2) is 4.98 Å². The molecule has 0 saturated heterocycles. The number of allylic oxidation sites excluding steroid dienone is 5. The van der Waals surface area contributed by atoms with E-state index in [2.05, 4.69) is 30.6 Å². The minimum Gasteiger partial charge on any atom is -0.337 e. The first-order chi connectivity index (χ1) is 8.74. The summed E-state index contributed by atoms with van der Waals surface area (Å²) in [6.07, 6.45) is 15.6. The van der Waals surface area contributed by atoms with Crippen molar-refractivity contribution in [1.82, 2.24) is 9.55 Å². The predicted molar refractivity (Wildman–Crippen MR) is 74.2 cm³/mol. The van der Waals surface area contributed by atoms with Crippen LogP contribution in [0.3, 0.4) is 0 Å². The number of hydrogen-bond donors (Lipinski definition) is 0. The molecule has 3 nitrogen and oxygen atoms in total. The summed E-state index contributed by atoms with van der Waals surface area (Å²) >= 11 is 0. The number of nitrogens with zero attached hydrogens (tertiary/aromatic N) is 2. The van der Waals surface area contributed by atoms with Gasteiger partial charge in [0.2, 0.25) is 0 Å². The van der Waals surface area contributed by atoms with Gasteiger partial charge in [-0.3, -0.25) is 4.79 Å². The van der Waals surface area contributed by atoms with Crippen molar-refractivity contribution >= 4 is 5.78 Å². The number of rotatable bonds is 8. The molecule has 1 heterocycles. The van der Waals surface area contributed by atoms with Gasteiger partial charge in [0.25, 0.3) is 0 Å². The van der Waals surface area contributed by atoms with Gasteiger partial charge in [0.15, 0.2) is 5.78 Å². The first kappa shape index (κ1) is 14.2. The first-order valence-corrected chi connectivity index (χ1v) is 6.23. The van der Waals surface area contributed by atoms with E-state index in [4.69, 9.17) is 0 Å². The van der Waals surface area contributed by atoms with Gasteiger partial charge in [-0.2, -0.15) is 0 Å². The highest BCUT2D eigenvalue weighted by molar-refractivity contribution is 5.97. The Hall–Kier alpha value is -1.90. The van der Waals surface area contributed by atoms with Crippen molar-refractivity contribution in [3.63, 3.8) is 0 Å². The highest BCUT2D eigenvalue weighted by Gasteiger charge is 2.03. The second kappa shape index (κ2) is 8.23. The lowest BCUT2D eigenvalue weighted by Crippen LogP contribution is -2.05. The van der Waals surface area contributed by atoms with Crippen LogP contribution in [0, 0.1) is 0 Å². The lowest BCUT2D eigenvalue weighted by molar-refractivity contribution is -0.115. The average molecular weight is 244 g/mol. The van der Waals surface area contributed by atoms with E-state index < -0.39 is 0 Å². The summed E-state index contributed by atoms with van der Waals surface area (Å²) in [7, 11) is 0. The molecule has 1 rings (SSSR count). The molecular weight excluding hydrogens is 224 g/mol. The highest BCUT2D eigenvalue weighted by atomic mass is 16.1. The molecule has 1 aromatic rings. The number of aryl methyl sites for hydroxylation is 1. The zero-order valence-corrected chi connectivity index (χ0v) is 10.9. The maximum Gasteiger partial charge on any atom is 0.164 e.